The Morgan fingerprint density at radius 2 is 1.03 bits per heavy atom. The third-order valence-corrected chi connectivity index (χ3v) is 8.28. The van der Waals surface area contributed by atoms with E-state index in [0.717, 1.165) is 39.3 Å². The number of allylic oxidation sites excluding steroid dienone is 1. The summed E-state index contributed by atoms with van der Waals surface area (Å²) in [5.74, 6) is 0. The maximum Gasteiger partial charge on any atom is 0.494 e. The molecule has 0 amide bonds. The first-order valence-corrected chi connectivity index (χ1v) is 12.1. The van der Waals surface area contributed by atoms with E-state index in [2.05, 4.69) is 103 Å². The standard InChI is InChI=1S/C27H35B2NO4/c1-10-15-30-22-13-11-18(28-31-24(2,3)25(4,5)32-28)16-20(22)21-17-19(12-14-23(21)30)29-33-26(6,7)27(8,9)34-29/h10-14,16-17H,1,15H2,2-9H3. The number of hydrogen-bond donors (Lipinski definition) is 0. The zero-order valence-corrected chi connectivity index (χ0v) is 21.7. The second-order valence-electron chi connectivity index (χ2n) is 11.6. The molecule has 7 heteroatoms. The van der Waals surface area contributed by atoms with Gasteiger partial charge in [0.05, 0.1) is 22.4 Å². The van der Waals surface area contributed by atoms with Gasteiger partial charge in [0, 0.05) is 28.4 Å². The van der Waals surface area contributed by atoms with Crippen LogP contribution in [0, 0.1) is 0 Å². The van der Waals surface area contributed by atoms with Gasteiger partial charge in [0.15, 0.2) is 0 Å². The molecule has 1 aromatic heterocycles. The third kappa shape index (κ3) is 3.48. The van der Waals surface area contributed by atoms with E-state index in [1.807, 2.05) is 6.08 Å². The molecule has 0 unspecified atom stereocenters. The molecule has 0 bridgehead atoms. The number of rotatable bonds is 4. The topological polar surface area (TPSA) is 41.9 Å². The normalized spacial score (nSPS) is 22.7. The van der Waals surface area contributed by atoms with Crippen LogP contribution < -0.4 is 10.9 Å². The fourth-order valence-electron chi connectivity index (χ4n) is 4.72. The van der Waals surface area contributed by atoms with Crippen LogP contribution in [0.4, 0.5) is 0 Å². The van der Waals surface area contributed by atoms with Crippen molar-refractivity contribution in [2.24, 2.45) is 0 Å². The summed E-state index contributed by atoms with van der Waals surface area (Å²) in [5, 5.41) is 2.31. The molecule has 2 aromatic carbocycles. The monoisotopic (exact) mass is 459 g/mol. The highest BCUT2D eigenvalue weighted by Crippen LogP contribution is 2.38. The molecule has 0 saturated carbocycles. The Kier molecular flexibility index (Phi) is 5.20. The van der Waals surface area contributed by atoms with Crippen LogP contribution in [0.5, 0.6) is 0 Å². The summed E-state index contributed by atoms with van der Waals surface area (Å²) in [5.41, 5.74) is 2.82. The molecule has 3 aromatic rings. The Morgan fingerprint density at radius 1 is 0.676 bits per heavy atom. The lowest BCUT2D eigenvalue weighted by Crippen LogP contribution is -2.41. The second-order valence-corrected chi connectivity index (χ2v) is 11.6. The highest BCUT2D eigenvalue weighted by atomic mass is 16.7. The first kappa shape index (κ1) is 23.7. The van der Waals surface area contributed by atoms with Crippen molar-refractivity contribution in [2.75, 3.05) is 0 Å². The summed E-state index contributed by atoms with van der Waals surface area (Å²) in [7, 11) is -0.808. The number of nitrogens with zero attached hydrogens (tertiary/aromatic N) is 1. The van der Waals surface area contributed by atoms with Crippen molar-refractivity contribution >= 4 is 47.0 Å². The van der Waals surface area contributed by atoms with E-state index in [0.29, 0.717) is 0 Å². The van der Waals surface area contributed by atoms with Gasteiger partial charge < -0.3 is 23.2 Å². The van der Waals surface area contributed by atoms with Crippen LogP contribution in [0.25, 0.3) is 21.8 Å². The zero-order chi connectivity index (χ0) is 24.7. The summed E-state index contributed by atoms with van der Waals surface area (Å²) in [6, 6.07) is 12.9. The highest BCUT2D eigenvalue weighted by Gasteiger charge is 2.52. The summed E-state index contributed by atoms with van der Waals surface area (Å²) in [6.07, 6.45) is 1.93. The lowest BCUT2D eigenvalue weighted by Gasteiger charge is -2.32. The summed E-state index contributed by atoms with van der Waals surface area (Å²) in [6.45, 7) is 21.4. The van der Waals surface area contributed by atoms with Gasteiger partial charge in [0.2, 0.25) is 0 Å². The fourth-order valence-corrected chi connectivity index (χ4v) is 4.72. The largest absolute Gasteiger partial charge is 0.494 e. The first-order chi connectivity index (χ1) is 15.8. The van der Waals surface area contributed by atoms with Gasteiger partial charge in [-0.05, 0) is 78.4 Å². The van der Waals surface area contributed by atoms with Crippen molar-refractivity contribution in [3.8, 4) is 0 Å². The number of benzene rings is 2. The predicted molar refractivity (Wildman–Crippen MR) is 141 cm³/mol. The molecule has 0 radical (unpaired) electrons. The molecule has 34 heavy (non-hydrogen) atoms. The minimum Gasteiger partial charge on any atom is -0.399 e. The van der Waals surface area contributed by atoms with Gasteiger partial charge in [-0.3, -0.25) is 0 Å². The summed E-state index contributed by atoms with van der Waals surface area (Å²) < 4.78 is 27.6. The van der Waals surface area contributed by atoms with Gasteiger partial charge in [0.1, 0.15) is 0 Å². The predicted octanol–water partition coefficient (Wildman–Crippen LogP) is 4.58. The quantitative estimate of drug-likeness (QED) is 0.424. The van der Waals surface area contributed by atoms with Gasteiger partial charge >= 0.3 is 14.2 Å². The van der Waals surface area contributed by atoms with Crippen LogP contribution >= 0.6 is 0 Å². The van der Waals surface area contributed by atoms with Crippen LogP contribution in [0.2, 0.25) is 0 Å². The molecule has 178 valence electrons. The first-order valence-electron chi connectivity index (χ1n) is 12.1. The highest BCUT2D eigenvalue weighted by molar-refractivity contribution is 6.63. The van der Waals surface area contributed by atoms with Crippen LogP contribution in [-0.4, -0.2) is 41.2 Å². The minimum absolute atomic E-state index is 0.382. The molecule has 0 aliphatic carbocycles. The van der Waals surface area contributed by atoms with Crippen molar-refractivity contribution in [3.63, 3.8) is 0 Å². The van der Waals surface area contributed by atoms with Gasteiger partial charge in [-0.15, -0.1) is 6.58 Å². The smallest absolute Gasteiger partial charge is 0.399 e. The van der Waals surface area contributed by atoms with E-state index in [9.17, 15) is 0 Å². The van der Waals surface area contributed by atoms with Crippen molar-refractivity contribution in [3.05, 3.63) is 49.1 Å². The molecule has 5 rings (SSSR count). The maximum absolute atomic E-state index is 6.33. The average Bonchev–Trinajstić information content (AvgIpc) is 3.25. The molecule has 0 N–H and O–H groups in total. The van der Waals surface area contributed by atoms with Crippen LogP contribution in [0.15, 0.2) is 49.1 Å². The number of aromatic nitrogens is 1. The average molecular weight is 459 g/mol. The molecule has 2 saturated heterocycles. The van der Waals surface area contributed by atoms with Crippen molar-refractivity contribution in [1.29, 1.82) is 0 Å². The lowest BCUT2D eigenvalue weighted by molar-refractivity contribution is 0.00578. The van der Waals surface area contributed by atoms with E-state index in [1.165, 1.54) is 0 Å². The zero-order valence-electron chi connectivity index (χ0n) is 21.7. The van der Waals surface area contributed by atoms with Crippen molar-refractivity contribution < 1.29 is 18.6 Å². The minimum atomic E-state index is -0.404. The van der Waals surface area contributed by atoms with Crippen LogP contribution in [0.1, 0.15) is 55.4 Å². The molecule has 2 fully saturated rings. The Bertz CT molecular complexity index is 1170. The molecular formula is C27H35B2NO4. The Balaban J connectivity index is 1.63. The molecular weight excluding hydrogens is 424 g/mol. The van der Waals surface area contributed by atoms with Crippen molar-refractivity contribution in [1.82, 2.24) is 4.57 Å². The van der Waals surface area contributed by atoms with Gasteiger partial charge in [-0.2, -0.15) is 0 Å². The fraction of sp³-hybridized carbons (Fsp3) is 0.481. The number of hydrogen-bond acceptors (Lipinski definition) is 4. The molecule has 2 aliphatic heterocycles. The SMILES string of the molecule is C=CCn1c2ccc(B3OC(C)(C)C(C)(C)O3)cc2c2cc(B3OC(C)(C)C(C)(C)O3)ccc21. The lowest BCUT2D eigenvalue weighted by atomic mass is 9.77. The molecule has 3 heterocycles. The molecule has 5 nitrogen and oxygen atoms in total. The Labute approximate surface area is 203 Å². The molecule has 0 atom stereocenters. The summed E-state index contributed by atoms with van der Waals surface area (Å²) >= 11 is 0. The Hall–Kier alpha value is -2.05. The van der Waals surface area contributed by atoms with Gasteiger partial charge in [0.25, 0.3) is 0 Å². The van der Waals surface area contributed by atoms with Crippen LogP contribution in [-0.2, 0) is 25.2 Å². The van der Waals surface area contributed by atoms with E-state index >= 15 is 0 Å². The third-order valence-electron chi connectivity index (χ3n) is 8.28. The van der Waals surface area contributed by atoms with E-state index < -0.39 is 14.2 Å². The number of fused-ring (bicyclic) bond motifs is 3. The van der Waals surface area contributed by atoms with E-state index in [1.54, 1.807) is 0 Å². The second kappa shape index (κ2) is 7.47. The summed E-state index contributed by atoms with van der Waals surface area (Å²) in [4.78, 5) is 0. The maximum atomic E-state index is 6.33. The molecule has 2 aliphatic rings. The van der Waals surface area contributed by atoms with E-state index in [-0.39, 0.29) is 22.4 Å². The Morgan fingerprint density at radius 3 is 1.35 bits per heavy atom. The molecule has 0 spiro atoms. The van der Waals surface area contributed by atoms with Gasteiger partial charge in [-0.25, -0.2) is 0 Å². The van der Waals surface area contributed by atoms with E-state index in [4.69, 9.17) is 18.6 Å². The van der Waals surface area contributed by atoms with Crippen LogP contribution in [0.3, 0.4) is 0 Å². The van der Waals surface area contributed by atoms with Crippen molar-refractivity contribution in [2.45, 2.75) is 84.3 Å². The van der Waals surface area contributed by atoms with Gasteiger partial charge in [-0.1, -0.05) is 30.3 Å².